The number of nitrogens with one attached hydrogen (secondary N) is 1. The molecule has 0 fully saturated rings. The van der Waals surface area contributed by atoms with E-state index in [-0.39, 0.29) is 5.75 Å². The quantitative estimate of drug-likeness (QED) is 0.361. The van der Waals surface area contributed by atoms with Crippen molar-refractivity contribution >= 4 is 30.2 Å². The van der Waals surface area contributed by atoms with Crippen molar-refractivity contribution in [1.29, 1.82) is 0 Å². The summed E-state index contributed by atoms with van der Waals surface area (Å²) in [6, 6.07) is 15.3. The SMILES string of the molecule is CCOc1cccc(/C=N/n2c(SCc3ccccc3)n[nH]c2=S)c1O. The summed E-state index contributed by atoms with van der Waals surface area (Å²) in [5, 5.41) is 22.2. The molecule has 0 aliphatic heterocycles. The van der Waals surface area contributed by atoms with Crippen LogP contribution in [0.25, 0.3) is 0 Å². The molecular weight excluding hydrogens is 368 g/mol. The standard InChI is InChI=1S/C18H18N4O2S2/c1-2-24-15-10-6-9-14(16(15)23)11-19-22-17(25)20-21-18(22)26-12-13-7-4-3-5-8-13/h3-11,23H,2,12H2,1H3,(H,20,25)/b19-11+. The van der Waals surface area contributed by atoms with E-state index in [4.69, 9.17) is 17.0 Å². The van der Waals surface area contributed by atoms with Crippen molar-refractivity contribution in [3.8, 4) is 11.5 Å². The molecule has 0 bridgehead atoms. The number of aromatic hydroxyl groups is 1. The Morgan fingerprint density at radius 2 is 2.08 bits per heavy atom. The number of phenolic OH excluding ortho intramolecular Hbond substituents is 1. The highest BCUT2D eigenvalue weighted by atomic mass is 32.2. The van der Waals surface area contributed by atoms with Crippen LogP contribution >= 0.6 is 24.0 Å². The second kappa shape index (κ2) is 8.68. The van der Waals surface area contributed by atoms with Gasteiger partial charge in [0.2, 0.25) is 9.93 Å². The highest BCUT2D eigenvalue weighted by Crippen LogP contribution is 2.28. The summed E-state index contributed by atoms with van der Waals surface area (Å²) >= 11 is 6.77. The minimum Gasteiger partial charge on any atom is -0.504 e. The fourth-order valence-electron chi connectivity index (χ4n) is 2.23. The molecule has 1 aromatic heterocycles. The summed E-state index contributed by atoms with van der Waals surface area (Å²) in [5.74, 6) is 1.22. The number of thioether (sulfide) groups is 1. The molecule has 2 aromatic carbocycles. The van der Waals surface area contributed by atoms with E-state index in [1.165, 1.54) is 28.2 Å². The van der Waals surface area contributed by atoms with Gasteiger partial charge in [-0.1, -0.05) is 48.2 Å². The van der Waals surface area contributed by atoms with E-state index in [9.17, 15) is 5.11 Å². The van der Waals surface area contributed by atoms with E-state index in [0.29, 0.717) is 27.8 Å². The van der Waals surface area contributed by atoms with Crippen molar-refractivity contribution in [3.63, 3.8) is 0 Å². The Morgan fingerprint density at radius 1 is 1.27 bits per heavy atom. The number of ether oxygens (including phenoxy) is 1. The highest BCUT2D eigenvalue weighted by Gasteiger charge is 2.08. The number of hydrogen-bond donors (Lipinski definition) is 2. The minimum absolute atomic E-state index is 0.0478. The zero-order valence-electron chi connectivity index (χ0n) is 14.1. The molecule has 8 heteroatoms. The molecule has 134 valence electrons. The van der Waals surface area contributed by atoms with Gasteiger partial charge in [0.15, 0.2) is 11.5 Å². The molecular formula is C18H18N4O2S2. The van der Waals surface area contributed by atoms with Crippen molar-refractivity contribution in [2.24, 2.45) is 5.10 Å². The third kappa shape index (κ3) is 4.33. The van der Waals surface area contributed by atoms with Crippen LogP contribution in [-0.2, 0) is 5.75 Å². The zero-order chi connectivity index (χ0) is 18.4. The molecule has 3 rings (SSSR count). The van der Waals surface area contributed by atoms with Gasteiger partial charge in [0.25, 0.3) is 0 Å². The van der Waals surface area contributed by atoms with Crippen molar-refractivity contribution in [2.75, 3.05) is 6.61 Å². The molecule has 0 aliphatic rings. The number of rotatable bonds is 7. The number of nitrogens with zero attached hydrogens (tertiary/aromatic N) is 3. The first kappa shape index (κ1) is 18.2. The molecule has 0 atom stereocenters. The molecule has 1 heterocycles. The van der Waals surface area contributed by atoms with Crippen molar-refractivity contribution in [3.05, 3.63) is 64.4 Å². The first-order chi connectivity index (χ1) is 12.7. The van der Waals surface area contributed by atoms with Crippen LogP contribution in [0.4, 0.5) is 0 Å². The Balaban J connectivity index is 1.80. The van der Waals surface area contributed by atoms with E-state index in [0.717, 1.165) is 5.75 Å². The molecule has 0 aliphatic carbocycles. The molecule has 0 saturated carbocycles. The number of aromatic nitrogens is 3. The van der Waals surface area contributed by atoms with Gasteiger partial charge < -0.3 is 9.84 Å². The van der Waals surface area contributed by atoms with Gasteiger partial charge in [-0.15, -0.1) is 5.10 Å². The largest absolute Gasteiger partial charge is 0.504 e. The predicted molar refractivity (Wildman–Crippen MR) is 106 cm³/mol. The highest BCUT2D eigenvalue weighted by molar-refractivity contribution is 7.98. The Labute approximate surface area is 160 Å². The van der Waals surface area contributed by atoms with Crippen molar-refractivity contribution in [2.45, 2.75) is 17.8 Å². The molecule has 0 spiro atoms. The molecule has 0 amide bonds. The summed E-state index contributed by atoms with van der Waals surface area (Å²) in [6.07, 6.45) is 1.54. The van der Waals surface area contributed by atoms with Gasteiger partial charge in [0.05, 0.1) is 12.8 Å². The normalized spacial score (nSPS) is 11.1. The fraction of sp³-hybridized carbons (Fsp3) is 0.167. The Morgan fingerprint density at radius 3 is 2.85 bits per heavy atom. The summed E-state index contributed by atoms with van der Waals surface area (Å²) in [7, 11) is 0. The van der Waals surface area contributed by atoms with Crippen LogP contribution in [0.1, 0.15) is 18.1 Å². The Kier molecular flexibility index (Phi) is 6.08. The van der Waals surface area contributed by atoms with Gasteiger partial charge in [-0.2, -0.15) is 9.78 Å². The number of aromatic amines is 1. The first-order valence-electron chi connectivity index (χ1n) is 8.02. The number of para-hydroxylation sites is 1. The molecule has 0 saturated heterocycles. The van der Waals surface area contributed by atoms with Gasteiger partial charge in [-0.05, 0) is 36.8 Å². The second-order valence-electron chi connectivity index (χ2n) is 5.27. The smallest absolute Gasteiger partial charge is 0.217 e. The molecule has 0 unspecified atom stereocenters. The van der Waals surface area contributed by atoms with Crippen molar-refractivity contribution < 1.29 is 9.84 Å². The second-order valence-corrected chi connectivity index (χ2v) is 6.60. The lowest BCUT2D eigenvalue weighted by Gasteiger charge is -2.07. The third-order valence-corrected chi connectivity index (χ3v) is 4.74. The van der Waals surface area contributed by atoms with Gasteiger partial charge in [-0.25, -0.2) is 5.10 Å². The summed E-state index contributed by atoms with van der Waals surface area (Å²) in [5.41, 5.74) is 1.72. The van der Waals surface area contributed by atoms with E-state index in [1.807, 2.05) is 25.1 Å². The fourth-order valence-corrected chi connectivity index (χ4v) is 3.33. The van der Waals surface area contributed by atoms with Crippen LogP contribution in [0, 0.1) is 4.77 Å². The van der Waals surface area contributed by atoms with Crippen molar-refractivity contribution in [1.82, 2.24) is 14.9 Å². The summed E-state index contributed by atoms with van der Waals surface area (Å²) in [4.78, 5) is 0. The van der Waals surface area contributed by atoms with Crippen LogP contribution in [0.2, 0.25) is 0 Å². The molecule has 6 nitrogen and oxygen atoms in total. The van der Waals surface area contributed by atoms with Gasteiger partial charge in [-0.3, -0.25) is 0 Å². The third-order valence-electron chi connectivity index (χ3n) is 3.47. The number of hydrogen-bond acceptors (Lipinski definition) is 6. The predicted octanol–water partition coefficient (Wildman–Crippen LogP) is 4.22. The van der Waals surface area contributed by atoms with Crippen LogP contribution < -0.4 is 4.74 Å². The maximum Gasteiger partial charge on any atom is 0.217 e. The maximum absolute atomic E-state index is 10.3. The van der Waals surface area contributed by atoms with E-state index >= 15 is 0 Å². The topological polar surface area (TPSA) is 75.4 Å². The van der Waals surface area contributed by atoms with Crippen LogP contribution in [0.3, 0.4) is 0 Å². The van der Waals surface area contributed by atoms with Crippen LogP contribution in [-0.4, -0.2) is 32.8 Å². The average Bonchev–Trinajstić information content (AvgIpc) is 3.01. The van der Waals surface area contributed by atoms with E-state index in [2.05, 4.69) is 27.4 Å². The number of H-pyrrole nitrogens is 1. The monoisotopic (exact) mass is 386 g/mol. The average molecular weight is 387 g/mol. The molecule has 26 heavy (non-hydrogen) atoms. The Bertz CT molecular complexity index is 951. The zero-order valence-corrected chi connectivity index (χ0v) is 15.8. The lowest BCUT2D eigenvalue weighted by atomic mass is 10.2. The Hall–Kier alpha value is -2.58. The van der Waals surface area contributed by atoms with E-state index in [1.54, 1.807) is 18.2 Å². The number of benzene rings is 2. The molecule has 0 radical (unpaired) electrons. The molecule has 3 aromatic rings. The van der Waals surface area contributed by atoms with Gasteiger partial charge >= 0.3 is 0 Å². The van der Waals surface area contributed by atoms with Crippen LogP contribution in [0.15, 0.2) is 58.8 Å². The first-order valence-corrected chi connectivity index (χ1v) is 9.41. The molecule has 2 N–H and O–H groups in total. The summed E-state index contributed by atoms with van der Waals surface area (Å²) < 4.78 is 7.31. The van der Waals surface area contributed by atoms with E-state index < -0.39 is 0 Å². The van der Waals surface area contributed by atoms with Gasteiger partial charge in [0, 0.05) is 11.3 Å². The van der Waals surface area contributed by atoms with Crippen LogP contribution in [0.5, 0.6) is 11.5 Å². The minimum atomic E-state index is 0.0478. The lowest BCUT2D eigenvalue weighted by Crippen LogP contribution is -1.96. The number of phenols is 1. The van der Waals surface area contributed by atoms with Gasteiger partial charge in [0.1, 0.15) is 0 Å². The maximum atomic E-state index is 10.3. The lowest BCUT2D eigenvalue weighted by molar-refractivity contribution is 0.318. The summed E-state index contributed by atoms with van der Waals surface area (Å²) in [6.45, 7) is 2.34.